The molecule has 166 valence electrons. The second-order valence-electron chi connectivity index (χ2n) is 8.13. The first-order chi connectivity index (χ1) is 13.9. The van der Waals surface area contributed by atoms with E-state index in [2.05, 4.69) is 80.8 Å². The Hall–Kier alpha value is -0.483. The summed E-state index contributed by atoms with van der Waals surface area (Å²) in [5.74, 6) is 0. The van der Waals surface area contributed by atoms with Crippen molar-refractivity contribution in [1.29, 1.82) is 0 Å². The molecule has 0 saturated heterocycles. The van der Waals surface area contributed by atoms with Crippen molar-refractivity contribution in [3.8, 4) is 0 Å². The van der Waals surface area contributed by atoms with Crippen LogP contribution in [0.2, 0.25) is 32.2 Å². The van der Waals surface area contributed by atoms with Crippen molar-refractivity contribution in [1.82, 2.24) is 0 Å². The first kappa shape index (κ1) is 30.5. The maximum Gasteiger partial charge on any atom is -0.0771 e. The zero-order valence-electron chi connectivity index (χ0n) is 18.9. The molecule has 0 N–H and O–H groups in total. The predicted octanol–water partition coefficient (Wildman–Crippen LogP) is 1.52. The van der Waals surface area contributed by atoms with Crippen molar-refractivity contribution < 1.29 is 52.6 Å². The van der Waals surface area contributed by atoms with Gasteiger partial charge in [-0.05, 0) is 0 Å². The Kier molecular flexibility index (Phi) is 15.9. The molecule has 0 saturated carbocycles. The second kappa shape index (κ2) is 16.2. The van der Waals surface area contributed by atoms with Crippen LogP contribution in [0.1, 0.15) is 6.42 Å². The number of benzene rings is 2. The fourth-order valence-electron chi connectivity index (χ4n) is 2.94. The Balaban J connectivity index is 0.000000458. The van der Waals surface area contributed by atoms with E-state index in [0.29, 0.717) is 0 Å². The van der Waals surface area contributed by atoms with Crippen LogP contribution in [-0.4, -0.2) is 20.4 Å². The van der Waals surface area contributed by atoms with Gasteiger partial charge in [0.05, 0.1) is 0 Å². The summed E-state index contributed by atoms with van der Waals surface area (Å²) in [6.07, 6.45) is 1.29. The maximum absolute atomic E-state index is 5.74. The van der Waals surface area contributed by atoms with Gasteiger partial charge in [0, 0.05) is 0 Å². The summed E-state index contributed by atoms with van der Waals surface area (Å²) in [5, 5.41) is 5.39. The van der Waals surface area contributed by atoms with Gasteiger partial charge in [-0.15, -0.1) is 39.7 Å². The third kappa shape index (κ3) is 12.4. The monoisotopic (exact) mass is 564 g/mol. The zero-order valence-corrected chi connectivity index (χ0v) is 24.8. The minimum atomic E-state index is -1.21. The van der Waals surface area contributed by atoms with E-state index in [1.54, 1.807) is 23.3 Å². The summed E-state index contributed by atoms with van der Waals surface area (Å²) in [7, 11) is -1.21. The topological polar surface area (TPSA) is 9.23 Å². The third-order valence-electron chi connectivity index (χ3n) is 4.31. The molecule has 0 radical (unpaired) electrons. The van der Waals surface area contributed by atoms with Gasteiger partial charge < -0.3 is 24.8 Å². The molecule has 0 atom stereocenters. The first-order valence-corrected chi connectivity index (χ1v) is 19.5. The first-order valence-electron chi connectivity index (χ1n) is 10.2. The van der Waals surface area contributed by atoms with E-state index < -0.39 is 8.32 Å². The van der Waals surface area contributed by atoms with Gasteiger partial charge in [0.15, 0.2) is 0 Å². The fraction of sp³-hybridized carbons (Fsp3) is 0.280. The molecule has 0 spiro atoms. The van der Waals surface area contributed by atoms with Gasteiger partial charge in [0.25, 0.3) is 0 Å². The minimum Gasteiger partial charge on any atom is -1.00 e. The second-order valence-corrected chi connectivity index (χ2v) is 21.0. The number of rotatable bonds is 5. The molecule has 0 aliphatic rings. The molecular formula is C25H32Cl2OSi2Zr-2. The van der Waals surface area contributed by atoms with Gasteiger partial charge in [-0.1, -0.05) is 36.4 Å². The predicted molar refractivity (Wildman–Crippen MR) is 129 cm³/mol. The van der Waals surface area contributed by atoms with E-state index in [-0.39, 0.29) is 30.2 Å². The van der Waals surface area contributed by atoms with E-state index in [1.165, 1.54) is 34.0 Å². The van der Waals surface area contributed by atoms with Crippen LogP contribution in [0.5, 0.6) is 0 Å². The maximum atomic E-state index is 5.74. The van der Waals surface area contributed by atoms with Crippen molar-refractivity contribution in [3.63, 3.8) is 0 Å². The smallest absolute Gasteiger partial charge is 0.0771 e. The van der Waals surface area contributed by atoms with Crippen molar-refractivity contribution in [2.24, 2.45) is 0 Å². The molecule has 4 aromatic carbocycles. The molecule has 0 aromatic heterocycles. The van der Waals surface area contributed by atoms with Gasteiger partial charge in [0.2, 0.25) is 0 Å². The average Bonchev–Trinajstić information content (AvgIpc) is 3.36. The Morgan fingerprint density at radius 1 is 0.839 bits per heavy atom. The fourth-order valence-corrected chi connectivity index (χ4v) is 5.68. The summed E-state index contributed by atoms with van der Waals surface area (Å²) in [6, 6.07) is 30.7. The van der Waals surface area contributed by atoms with Crippen LogP contribution in [0.15, 0.2) is 84.9 Å². The van der Waals surface area contributed by atoms with Crippen LogP contribution < -0.4 is 24.8 Å². The molecule has 0 fully saturated rings. The van der Waals surface area contributed by atoms with E-state index in [0.717, 1.165) is 6.61 Å². The molecule has 1 nitrogen and oxygen atoms in total. The average molecular weight is 567 g/mol. The largest absolute Gasteiger partial charge is 1.00 e. The Bertz CT molecular complexity index is 924. The Morgan fingerprint density at radius 2 is 1.32 bits per heavy atom. The van der Waals surface area contributed by atoms with Crippen molar-refractivity contribution in [2.45, 2.75) is 38.7 Å². The van der Waals surface area contributed by atoms with Gasteiger partial charge >= 0.3 is 86.8 Å². The zero-order chi connectivity index (χ0) is 21.1. The van der Waals surface area contributed by atoms with Gasteiger partial charge in [-0.25, -0.2) is 12.1 Å². The van der Waals surface area contributed by atoms with Crippen LogP contribution in [0.3, 0.4) is 0 Å². The number of hydrogen-bond acceptors (Lipinski definition) is 1. The van der Waals surface area contributed by atoms with E-state index in [4.69, 9.17) is 4.43 Å². The molecule has 0 aliphatic heterocycles. The third-order valence-corrected chi connectivity index (χ3v) is 8.33. The number of hydrogen-bond donors (Lipinski definition) is 0. The van der Waals surface area contributed by atoms with E-state index >= 15 is 0 Å². The van der Waals surface area contributed by atoms with Gasteiger partial charge in [-0.3, -0.25) is 0 Å². The molecular weight excluding hydrogens is 535 g/mol. The summed E-state index contributed by atoms with van der Waals surface area (Å²) < 4.78 is 5.74. The minimum absolute atomic E-state index is 0. The van der Waals surface area contributed by atoms with Crippen LogP contribution in [0.4, 0.5) is 0 Å². The van der Waals surface area contributed by atoms with Gasteiger partial charge in [-0.2, -0.15) is 18.2 Å². The quantitative estimate of drug-likeness (QED) is 0.202. The molecule has 31 heavy (non-hydrogen) atoms. The van der Waals surface area contributed by atoms with Crippen LogP contribution in [0.25, 0.3) is 21.5 Å². The summed E-state index contributed by atoms with van der Waals surface area (Å²) in [5.41, 5.74) is 0.0734. The molecule has 0 aliphatic carbocycles. The molecule has 0 heterocycles. The SMILES string of the molecule is C[Si](=[Zr+2])CCCO[Si](C)(C)C.[Cl-].[Cl-].c1cc[cH-]c1.c1ccc2c(c1)[cH-]c1ccccc12. The molecule has 6 heteroatoms. The van der Waals surface area contributed by atoms with E-state index in [9.17, 15) is 0 Å². The summed E-state index contributed by atoms with van der Waals surface area (Å²) >= 11 is 1.76. The molecule has 4 rings (SSSR count). The molecule has 4 aromatic rings. The summed E-state index contributed by atoms with van der Waals surface area (Å²) in [6.45, 7) is 10.2. The van der Waals surface area contributed by atoms with Crippen molar-refractivity contribution >= 4 is 35.3 Å². The normalized spacial score (nSPS) is 10.1. The van der Waals surface area contributed by atoms with Gasteiger partial charge in [0.1, 0.15) is 0 Å². The van der Waals surface area contributed by atoms with E-state index in [1.807, 2.05) is 30.3 Å². The van der Waals surface area contributed by atoms with Crippen LogP contribution in [-0.2, 0) is 27.8 Å². The van der Waals surface area contributed by atoms with Crippen LogP contribution >= 0.6 is 0 Å². The molecule has 0 bridgehead atoms. The van der Waals surface area contributed by atoms with Crippen LogP contribution in [0, 0.1) is 0 Å². The summed E-state index contributed by atoms with van der Waals surface area (Å²) in [4.78, 5) is 0. The molecule has 0 unspecified atom stereocenters. The standard InChI is InChI=1S/C13H9.C7H18OSi2.C5H5.2ClH.Zr/c1-3-7-12-10(5-1)9-11-6-2-4-8-13(11)12;1-9-7-5-6-8-10(2,3)4;1-2-4-5-3-1;;;/h1-9H;5-7H2,1-4H3;1-5H;2*1H;/q-1;;-1;;;+2/p-2. The van der Waals surface area contributed by atoms with Crippen molar-refractivity contribution in [2.75, 3.05) is 6.61 Å². The molecule has 0 amide bonds. The number of halogens is 2. The number of fused-ring (bicyclic) bond motifs is 3. The Labute approximate surface area is 216 Å². The van der Waals surface area contributed by atoms with Crippen molar-refractivity contribution in [3.05, 3.63) is 84.9 Å². The Morgan fingerprint density at radius 3 is 1.71 bits per heavy atom.